The summed E-state index contributed by atoms with van der Waals surface area (Å²) >= 11 is 0. The zero-order chi connectivity index (χ0) is 14.2. The topological polar surface area (TPSA) is 81.2 Å². The van der Waals surface area contributed by atoms with Crippen molar-refractivity contribution in [1.82, 2.24) is 13.9 Å². The van der Waals surface area contributed by atoms with Gasteiger partial charge in [-0.2, -0.15) is 4.31 Å². The van der Waals surface area contributed by atoms with Crippen LogP contribution in [0, 0.1) is 12.8 Å². The largest absolute Gasteiger partial charge is 0.337 e. The lowest BCUT2D eigenvalue weighted by atomic mass is 10.0. The van der Waals surface area contributed by atoms with Crippen LogP contribution < -0.4 is 5.73 Å². The van der Waals surface area contributed by atoms with Crippen LogP contribution in [-0.4, -0.2) is 41.9 Å². The van der Waals surface area contributed by atoms with Crippen LogP contribution in [0.2, 0.25) is 0 Å². The number of sulfonamides is 1. The van der Waals surface area contributed by atoms with Crippen molar-refractivity contribution in [3.8, 4) is 0 Å². The highest BCUT2D eigenvalue weighted by Gasteiger charge is 2.36. The van der Waals surface area contributed by atoms with Crippen molar-refractivity contribution < 1.29 is 8.42 Å². The first kappa shape index (κ1) is 14.5. The highest BCUT2D eigenvalue weighted by molar-refractivity contribution is 7.89. The van der Waals surface area contributed by atoms with E-state index in [2.05, 4.69) is 4.98 Å². The van der Waals surface area contributed by atoms with Crippen molar-refractivity contribution in [2.45, 2.75) is 37.3 Å². The van der Waals surface area contributed by atoms with Gasteiger partial charge in [-0.05, 0) is 32.2 Å². The summed E-state index contributed by atoms with van der Waals surface area (Å²) in [5, 5.41) is 0.123. The molecule has 6 nitrogen and oxygen atoms in total. The van der Waals surface area contributed by atoms with Crippen molar-refractivity contribution in [3.05, 3.63) is 12.0 Å². The van der Waals surface area contributed by atoms with Crippen LogP contribution in [0.5, 0.6) is 0 Å². The van der Waals surface area contributed by atoms with Crippen LogP contribution in [-0.2, 0) is 17.1 Å². The summed E-state index contributed by atoms with van der Waals surface area (Å²) < 4.78 is 28.3. The molecule has 1 saturated carbocycles. The average molecular weight is 286 g/mol. The van der Waals surface area contributed by atoms with Gasteiger partial charge in [0.05, 0.1) is 0 Å². The molecule has 0 radical (unpaired) electrons. The Bertz CT molecular complexity index is 533. The predicted molar refractivity (Wildman–Crippen MR) is 73.1 cm³/mol. The summed E-state index contributed by atoms with van der Waals surface area (Å²) in [6.07, 6.45) is 4.48. The van der Waals surface area contributed by atoms with Gasteiger partial charge >= 0.3 is 0 Å². The molecule has 2 atom stereocenters. The van der Waals surface area contributed by atoms with Gasteiger partial charge in [0.1, 0.15) is 5.82 Å². The van der Waals surface area contributed by atoms with E-state index in [1.165, 1.54) is 4.31 Å². The molecule has 1 aromatic rings. The molecule has 7 heteroatoms. The number of nitrogens with zero attached hydrogens (tertiary/aromatic N) is 3. The minimum absolute atomic E-state index is 0.00249. The van der Waals surface area contributed by atoms with Crippen LogP contribution >= 0.6 is 0 Å². The van der Waals surface area contributed by atoms with Crippen LogP contribution in [0.25, 0.3) is 0 Å². The molecule has 0 spiro atoms. The van der Waals surface area contributed by atoms with E-state index >= 15 is 0 Å². The molecule has 0 bridgehead atoms. The van der Waals surface area contributed by atoms with E-state index in [1.807, 2.05) is 0 Å². The minimum atomic E-state index is -3.52. The first-order chi connectivity index (χ1) is 8.87. The fraction of sp³-hybridized carbons (Fsp3) is 0.750. The molecule has 2 unspecified atom stereocenters. The maximum Gasteiger partial charge on any atom is 0.262 e. The molecule has 0 saturated heterocycles. The lowest BCUT2D eigenvalue weighted by Gasteiger charge is -2.27. The second-order valence-corrected chi connectivity index (χ2v) is 7.20. The summed E-state index contributed by atoms with van der Waals surface area (Å²) in [6.45, 7) is 2.32. The van der Waals surface area contributed by atoms with E-state index in [1.54, 1.807) is 31.8 Å². The molecule has 1 aliphatic rings. The second kappa shape index (κ2) is 5.22. The molecule has 0 aromatic carbocycles. The summed E-state index contributed by atoms with van der Waals surface area (Å²) in [5.41, 5.74) is 5.73. The molecule has 2 rings (SSSR count). The molecule has 1 aliphatic carbocycles. The lowest BCUT2D eigenvalue weighted by molar-refractivity contribution is 0.303. The Kier molecular flexibility index (Phi) is 3.98. The van der Waals surface area contributed by atoms with Gasteiger partial charge in [0.15, 0.2) is 5.03 Å². The fourth-order valence-electron chi connectivity index (χ4n) is 2.75. The van der Waals surface area contributed by atoms with Gasteiger partial charge in [-0.3, -0.25) is 0 Å². The zero-order valence-electron chi connectivity index (χ0n) is 11.7. The smallest absolute Gasteiger partial charge is 0.262 e. The molecule has 1 aromatic heterocycles. The number of hydrogen-bond donors (Lipinski definition) is 1. The maximum atomic E-state index is 12.6. The summed E-state index contributed by atoms with van der Waals surface area (Å²) in [4.78, 5) is 4.13. The SMILES string of the molecule is Cc1nc(S(=O)(=O)N(C)C2CCCC2CN)cn1C. The van der Waals surface area contributed by atoms with Crippen molar-refractivity contribution in [2.75, 3.05) is 13.6 Å². The third kappa shape index (κ3) is 2.54. The van der Waals surface area contributed by atoms with E-state index in [4.69, 9.17) is 5.73 Å². The van der Waals surface area contributed by atoms with Crippen molar-refractivity contribution >= 4 is 10.0 Å². The quantitative estimate of drug-likeness (QED) is 0.872. The number of rotatable bonds is 4. The van der Waals surface area contributed by atoms with E-state index in [0.29, 0.717) is 12.4 Å². The normalized spacial score (nSPS) is 24.3. The molecule has 2 N–H and O–H groups in total. The molecule has 0 amide bonds. The standard InChI is InChI=1S/C12H22N4O2S/c1-9-14-12(8-15(9)2)19(17,18)16(3)11-6-4-5-10(11)7-13/h8,10-11H,4-7,13H2,1-3H3. The van der Waals surface area contributed by atoms with Crippen LogP contribution in [0.3, 0.4) is 0 Å². The number of imidazole rings is 1. The Morgan fingerprint density at radius 1 is 1.53 bits per heavy atom. The van der Waals surface area contributed by atoms with Crippen LogP contribution in [0.4, 0.5) is 0 Å². The third-order valence-electron chi connectivity index (χ3n) is 4.12. The van der Waals surface area contributed by atoms with Gasteiger partial charge in [-0.1, -0.05) is 6.42 Å². The highest BCUT2D eigenvalue weighted by Crippen LogP contribution is 2.31. The summed E-state index contributed by atoms with van der Waals surface area (Å²) in [6, 6.07) is -0.00249. The zero-order valence-corrected chi connectivity index (χ0v) is 12.5. The van der Waals surface area contributed by atoms with Crippen molar-refractivity contribution in [1.29, 1.82) is 0 Å². The predicted octanol–water partition coefficient (Wildman–Crippen LogP) is 0.476. The van der Waals surface area contributed by atoms with Gasteiger partial charge in [0, 0.05) is 26.3 Å². The van der Waals surface area contributed by atoms with Crippen LogP contribution in [0.15, 0.2) is 11.2 Å². The molecule has 1 fully saturated rings. The second-order valence-electron chi connectivity index (χ2n) is 5.25. The summed E-state index contributed by atoms with van der Waals surface area (Å²) in [7, 11) is -0.0931. The van der Waals surface area contributed by atoms with E-state index in [0.717, 1.165) is 19.3 Å². The Balaban J connectivity index is 2.29. The fourth-order valence-corrected chi connectivity index (χ4v) is 4.22. The Hall–Kier alpha value is -0.920. The Morgan fingerprint density at radius 3 is 2.74 bits per heavy atom. The van der Waals surface area contributed by atoms with Gasteiger partial charge in [0.25, 0.3) is 10.0 Å². The van der Waals surface area contributed by atoms with E-state index in [-0.39, 0.29) is 17.0 Å². The minimum Gasteiger partial charge on any atom is -0.337 e. The number of hydrogen-bond acceptors (Lipinski definition) is 4. The van der Waals surface area contributed by atoms with Gasteiger partial charge in [-0.15, -0.1) is 0 Å². The molecule has 19 heavy (non-hydrogen) atoms. The molecule has 0 aliphatic heterocycles. The number of aromatic nitrogens is 2. The van der Waals surface area contributed by atoms with Crippen LogP contribution in [0.1, 0.15) is 25.1 Å². The molecule has 1 heterocycles. The molecular formula is C12H22N4O2S. The molecule has 108 valence electrons. The van der Waals surface area contributed by atoms with Gasteiger partial charge in [-0.25, -0.2) is 13.4 Å². The third-order valence-corrected chi connectivity index (χ3v) is 5.87. The van der Waals surface area contributed by atoms with Gasteiger partial charge in [0.2, 0.25) is 0 Å². The number of nitrogens with two attached hydrogens (primary N) is 1. The Labute approximate surface area is 114 Å². The first-order valence-electron chi connectivity index (χ1n) is 6.56. The lowest BCUT2D eigenvalue weighted by Crippen LogP contribution is -2.41. The molecular weight excluding hydrogens is 264 g/mol. The first-order valence-corrected chi connectivity index (χ1v) is 8.00. The highest BCUT2D eigenvalue weighted by atomic mass is 32.2. The number of aryl methyl sites for hydroxylation is 2. The Morgan fingerprint density at radius 2 is 2.21 bits per heavy atom. The van der Waals surface area contributed by atoms with Crippen molar-refractivity contribution in [2.24, 2.45) is 18.7 Å². The van der Waals surface area contributed by atoms with Crippen molar-refractivity contribution in [3.63, 3.8) is 0 Å². The van der Waals surface area contributed by atoms with E-state index in [9.17, 15) is 8.42 Å². The maximum absolute atomic E-state index is 12.6. The monoisotopic (exact) mass is 286 g/mol. The summed E-state index contributed by atoms with van der Waals surface area (Å²) in [5.74, 6) is 0.943. The van der Waals surface area contributed by atoms with E-state index < -0.39 is 10.0 Å². The average Bonchev–Trinajstić information content (AvgIpc) is 2.96. The van der Waals surface area contributed by atoms with Gasteiger partial charge < -0.3 is 10.3 Å².